The Hall–Kier alpha value is -1.20. The number of thiol groups is 1. The molecule has 0 saturated carbocycles. The molecule has 0 bridgehead atoms. The minimum Gasteiger partial charge on any atom is -0.460 e. The first-order valence-electron chi connectivity index (χ1n) is 4.36. The van der Waals surface area contributed by atoms with E-state index in [2.05, 4.69) is 17.1 Å². The highest BCUT2D eigenvalue weighted by Gasteiger charge is 2.11. The summed E-state index contributed by atoms with van der Waals surface area (Å²) in [5.74, 6) is -1.40. The molecule has 0 spiro atoms. The maximum Gasteiger partial charge on any atom is 0.328 e. The lowest BCUT2D eigenvalue weighted by atomic mass is 10.2. The first-order valence-corrected chi connectivity index (χ1v) is 5.10. The molecule has 86 valence electrons. The molecule has 0 aliphatic heterocycles. The first kappa shape index (κ1) is 12.9. The smallest absolute Gasteiger partial charge is 0.328 e. The average molecular weight is 261 g/mol. The molecule has 6 heteroatoms. The lowest BCUT2D eigenvalue weighted by Gasteiger charge is -2.03. The highest BCUT2D eigenvalue weighted by atomic mass is 35.5. The number of carbonyl (C=O) groups excluding carboxylic acids is 2. The molecule has 0 unspecified atom stereocenters. The van der Waals surface area contributed by atoms with Gasteiger partial charge in [-0.1, -0.05) is 23.7 Å². The summed E-state index contributed by atoms with van der Waals surface area (Å²) in [6, 6.07) is 6.83. The monoisotopic (exact) mass is 260 g/mol. The number of hydrogen-bond donors (Lipinski definition) is 1. The largest absolute Gasteiger partial charge is 0.460 e. The molecule has 0 atom stereocenters. The Morgan fingerprint density at radius 2 is 1.81 bits per heavy atom. The predicted molar refractivity (Wildman–Crippen MR) is 60.9 cm³/mol. The Balaban J connectivity index is 2.37. The minimum absolute atomic E-state index is 0.0931. The van der Waals surface area contributed by atoms with Crippen molar-refractivity contribution in [3.05, 3.63) is 34.9 Å². The highest BCUT2D eigenvalue weighted by molar-refractivity contribution is 7.75. The Morgan fingerprint density at radius 1 is 1.19 bits per heavy atom. The number of benzene rings is 1. The summed E-state index contributed by atoms with van der Waals surface area (Å²) in [4.78, 5) is 21.7. The van der Waals surface area contributed by atoms with Gasteiger partial charge in [-0.3, -0.25) is 9.59 Å². The Labute approximate surface area is 103 Å². The molecule has 1 aromatic carbocycles. The van der Waals surface area contributed by atoms with E-state index in [0.717, 1.165) is 5.56 Å². The number of ether oxygens (including phenoxy) is 1. The maximum absolute atomic E-state index is 11.1. The van der Waals surface area contributed by atoms with Crippen LogP contribution in [0, 0.1) is 0 Å². The van der Waals surface area contributed by atoms with E-state index in [1.807, 2.05) is 0 Å². The van der Waals surface area contributed by atoms with E-state index in [1.54, 1.807) is 24.3 Å². The molecule has 0 heterocycles. The van der Waals surface area contributed by atoms with Gasteiger partial charge in [0.15, 0.2) is 0 Å². The van der Waals surface area contributed by atoms with Crippen molar-refractivity contribution in [2.45, 2.75) is 13.0 Å². The lowest BCUT2D eigenvalue weighted by molar-refractivity contribution is -0.150. The second kappa shape index (κ2) is 6.40. The normalized spacial score (nSPS) is 9.62. The SMILES string of the molecule is O=C(CC(=O)OCc1ccc(Cl)cc1)OS. The van der Waals surface area contributed by atoms with Crippen molar-refractivity contribution in [3.63, 3.8) is 0 Å². The standard InChI is InChI=1S/C10H9ClO4S/c11-8-3-1-7(2-4-8)6-14-9(12)5-10(13)15-16/h1-4,16H,5-6H2. The summed E-state index contributed by atoms with van der Waals surface area (Å²) in [7, 11) is 0. The molecule has 16 heavy (non-hydrogen) atoms. The number of halogens is 1. The third-order valence-electron chi connectivity index (χ3n) is 1.70. The third-order valence-corrected chi connectivity index (χ3v) is 2.16. The molecule has 1 rings (SSSR count). The summed E-state index contributed by atoms with van der Waals surface area (Å²) in [5, 5.41) is 0.605. The molecule has 0 aliphatic carbocycles. The lowest BCUT2D eigenvalue weighted by Crippen LogP contribution is -2.11. The fourth-order valence-corrected chi connectivity index (χ4v) is 1.14. The van der Waals surface area contributed by atoms with Crippen molar-refractivity contribution in [1.29, 1.82) is 0 Å². The van der Waals surface area contributed by atoms with E-state index in [4.69, 9.17) is 16.3 Å². The van der Waals surface area contributed by atoms with E-state index in [1.165, 1.54) is 0 Å². The van der Waals surface area contributed by atoms with Crippen molar-refractivity contribution in [3.8, 4) is 0 Å². The van der Waals surface area contributed by atoms with Crippen molar-refractivity contribution in [2.75, 3.05) is 0 Å². The van der Waals surface area contributed by atoms with Gasteiger partial charge in [0, 0.05) is 17.9 Å². The van der Waals surface area contributed by atoms with Crippen LogP contribution < -0.4 is 0 Å². The number of rotatable bonds is 4. The second-order valence-corrected chi connectivity index (χ2v) is 3.55. The van der Waals surface area contributed by atoms with E-state index in [9.17, 15) is 9.59 Å². The fourth-order valence-electron chi connectivity index (χ4n) is 0.946. The molecule has 0 N–H and O–H groups in total. The van der Waals surface area contributed by atoms with Gasteiger partial charge >= 0.3 is 11.9 Å². The summed E-state index contributed by atoms with van der Waals surface area (Å²) in [6.07, 6.45) is -0.447. The van der Waals surface area contributed by atoms with Crippen LogP contribution in [0.2, 0.25) is 5.02 Å². The van der Waals surface area contributed by atoms with E-state index in [0.29, 0.717) is 5.02 Å². The Morgan fingerprint density at radius 3 is 2.38 bits per heavy atom. The van der Waals surface area contributed by atoms with Crippen LogP contribution in [0.1, 0.15) is 12.0 Å². The van der Waals surface area contributed by atoms with Crippen molar-refractivity contribution in [2.24, 2.45) is 0 Å². The van der Waals surface area contributed by atoms with Crippen LogP contribution >= 0.6 is 24.5 Å². The van der Waals surface area contributed by atoms with Gasteiger partial charge in [0.25, 0.3) is 0 Å². The zero-order chi connectivity index (χ0) is 12.0. The quantitative estimate of drug-likeness (QED) is 0.390. The van der Waals surface area contributed by atoms with Crippen LogP contribution in [0.3, 0.4) is 0 Å². The molecule has 4 nitrogen and oxygen atoms in total. The van der Waals surface area contributed by atoms with Gasteiger partial charge in [-0.15, -0.1) is 0 Å². The average Bonchev–Trinajstić information content (AvgIpc) is 2.28. The maximum atomic E-state index is 11.1. The number of hydrogen-bond acceptors (Lipinski definition) is 5. The van der Waals surface area contributed by atoms with E-state index in [-0.39, 0.29) is 6.61 Å². The van der Waals surface area contributed by atoms with E-state index >= 15 is 0 Å². The first-order chi connectivity index (χ1) is 7.61. The zero-order valence-corrected chi connectivity index (χ0v) is 9.83. The molecule has 0 fully saturated rings. The van der Waals surface area contributed by atoms with Gasteiger partial charge in [0.1, 0.15) is 13.0 Å². The molecular weight excluding hydrogens is 252 g/mol. The fraction of sp³-hybridized carbons (Fsp3) is 0.200. The molecule has 0 radical (unpaired) electrons. The van der Waals surface area contributed by atoms with Gasteiger partial charge in [-0.05, 0) is 17.7 Å². The highest BCUT2D eigenvalue weighted by Crippen LogP contribution is 2.10. The van der Waals surface area contributed by atoms with Crippen LogP contribution in [0.25, 0.3) is 0 Å². The summed E-state index contributed by atoms with van der Waals surface area (Å²) < 4.78 is 8.85. The summed E-state index contributed by atoms with van der Waals surface area (Å²) >= 11 is 8.95. The number of esters is 1. The molecular formula is C10H9ClO4S. The van der Waals surface area contributed by atoms with Gasteiger partial charge in [-0.2, -0.15) is 0 Å². The van der Waals surface area contributed by atoms with Crippen molar-refractivity contribution < 1.29 is 18.5 Å². The molecule has 1 aromatic rings. The summed E-state index contributed by atoms with van der Waals surface area (Å²) in [6.45, 7) is 0.0931. The van der Waals surface area contributed by atoms with Gasteiger partial charge in [-0.25, -0.2) is 0 Å². The van der Waals surface area contributed by atoms with Crippen molar-refractivity contribution in [1.82, 2.24) is 0 Å². The van der Waals surface area contributed by atoms with Crippen LogP contribution in [0.5, 0.6) is 0 Å². The Bertz CT molecular complexity index is 377. The molecule has 0 aliphatic rings. The molecule has 0 amide bonds. The van der Waals surface area contributed by atoms with Gasteiger partial charge in [0.2, 0.25) is 0 Å². The van der Waals surface area contributed by atoms with Gasteiger partial charge < -0.3 is 8.92 Å². The van der Waals surface area contributed by atoms with E-state index < -0.39 is 18.4 Å². The van der Waals surface area contributed by atoms with Gasteiger partial charge in [0.05, 0.1) is 0 Å². The number of carbonyl (C=O) groups is 2. The second-order valence-electron chi connectivity index (χ2n) is 2.93. The minimum atomic E-state index is -0.746. The predicted octanol–water partition coefficient (Wildman–Crippen LogP) is 2.16. The Kier molecular flexibility index (Phi) is 5.14. The van der Waals surface area contributed by atoms with Crippen LogP contribution in [-0.4, -0.2) is 11.9 Å². The van der Waals surface area contributed by atoms with Crippen molar-refractivity contribution >= 4 is 36.4 Å². The molecule has 0 aromatic heterocycles. The summed E-state index contributed by atoms with van der Waals surface area (Å²) in [5.41, 5.74) is 0.789. The van der Waals surface area contributed by atoms with Crippen LogP contribution in [0.15, 0.2) is 24.3 Å². The topological polar surface area (TPSA) is 52.6 Å². The van der Waals surface area contributed by atoms with Crippen LogP contribution in [-0.2, 0) is 25.1 Å². The molecule has 0 saturated heterocycles. The third kappa shape index (κ3) is 4.55. The van der Waals surface area contributed by atoms with Crippen LogP contribution in [0.4, 0.5) is 0 Å². The zero-order valence-electron chi connectivity index (χ0n) is 8.18.